The van der Waals surface area contributed by atoms with Crippen LogP contribution in [0.4, 0.5) is 11.4 Å². The molecular formula is C16H16BrClN2O3. The molecule has 23 heavy (non-hydrogen) atoms. The average molecular weight is 400 g/mol. The fourth-order valence-electron chi connectivity index (χ4n) is 1.89. The molecule has 0 bridgehead atoms. The summed E-state index contributed by atoms with van der Waals surface area (Å²) in [6, 6.07) is 10.6. The van der Waals surface area contributed by atoms with Crippen LogP contribution in [-0.2, 0) is 4.79 Å². The largest absolute Gasteiger partial charge is 0.497 e. The highest BCUT2D eigenvalue weighted by Gasteiger charge is 2.07. The van der Waals surface area contributed by atoms with Crippen LogP contribution >= 0.6 is 27.5 Å². The van der Waals surface area contributed by atoms with Crippen molar-refractivity contribution in [3.63, 3.8) is 0 Å². The van der Waals surface area contributed by atoms with E-state index in [-0.39, 0.29) is 12.5 Å². The van der Waals surface area contributed by atoms with Crippen LogP contribution < -0.4 is 20.1 Å². The first-order valence-corrected chi connectivity index (χ1v) is 7.90. The van der Waals surface area contributed by atoms with Gasteiger partial charge < -0.3 is 20.1 Å². The van der Waals surface area contributed by atoms with Crippen molar-refractivity contribution in [2.24, 2.45) is 0 Å². The molecule has 2 aromatic carbocycles. The predicted molar refractivity (Wildman–Crippen MR) is 95.8 cm³/mol. The molecule has 2 N–H and O–H groups in total. The monoisotopic (exact) mass is 398 g/mol. The smallest absolute Gasteiger partial charge is 0.243 e. The molecule has 0 aromatic heterocycles. The summed E-state index contributed by atoms with van der Waals surface area (Å²) in [6.45, 7) is 0.0842. The van der Waals surface area contributed by atoms with Crippen LogP contribution in [0, 0.1) is 0 Å². The number of anilines is 2. The van der Waals surface area contributed by atoms with Gasteiger partial charge in [-0.15, -0.1) is 0 Å². The Balaban J connectivity index is 1.99. The van der Waals surface area contributed by atoms with Crippen molar-refractivity contribution in [2.75, 3.05) is 31.4 Å². The Morgan fingerprint density at radius 2 is 1.78 bits per heavy atom. The summed E-state index contributed by atoms with van der Waals surface area (Å²) in [4.78, 5) is 12.1. The van der Waals surface area contributed by atoms with Crippen LogP contribution in [0.15, 0.2) is 40.9 Å². The minimum Gasteiger partial charge on any atom is -0.497 e. The number of rotatable bonds is 6. The molecule has 0 unspecified atom stereocenters. The maximum atomic E-state index is 12.1. The van der Waals surface area contributed by atoms with Gasteiger partial charge in [0.1, 0.15) is 11.5 Å². The molecule has 7 heteroatoms. The van der Waals surface area contributed by atoms with Crippen LogP contribution in [0.1, 0.15) is 0 Å². The van der Waals surface area contributed by atoms with Gasteiger partial charge in [-0.1, -0.05) is 27.5 Å². The first-order valence-electron chi connectivity index (χ1n) is 6.73. The Hall–Kier alpha value is -1.92. The van der Waals surface area contributed by atoms with Gasteiger partial charge >= 0.3 is 0 Å². The first-order chi connectivity index (χ1) is 11.0. The number of ether oxygens (including phenoxy) is 2. The molecule has 2 rings (SSSR count). The second-order valence-corrected chi connectivity index (χ2v) is 5.95. The molecule has 0 spiro atoms. The molecule has 0 aliphatic rings. The van der Waals surface area contributed by atoms with Gasteiger partial charge in [-0.25, -0.2) is 0 Å². The Morgan fingerprint density at radius 1 is 1.13 bits per heavy atom. The summed E-state index contributed by atoms with van der Waals surface area (Å²) >= 11 is 9.43. The number of nitrogens with one attached hydrogen (secondary N) is 2. The lowest BCUT2D eigenvalue weighted by molar-refractivity contribution is -0.114. The molecule has 2 aromatic rings. The van der Waals surface area contributed by atoms with Gasteiger partial charge in [-0.05, 0) is 18.2 Å². The molecule has 0 aliphatic heterocycles. The van der Waals surface area contributed by atoms with E-state index in [9.17, 15) is 4.79 Å². The number of carbonyl (C=O) groups excluding carboxylic acids is 1. The number of carbonyl (C=O) groups is 1. The summed E-state index contributed by atoms with van der Waals surface area (Å²) in [7, 11) is 3.11. The second kappa shape index (κ2) is 8.08. The SMILES string of the molecule is COc1cc(NC(=O)CNc2ccc(Br)cc2Cl)cc(OC)c1. The summed E-state index contributed by atoms with van der Waals surface area (Å²) in [5, 5.41) is 6.31. The lowest BCUT2D eigenvalue weighted by Gasteiger charge is -2.11. The zero-order chi connectivity index (χ0) is 16.8. The zero-order valence-corrected chi connectivity index (χ0v) is 15.0. The van der Waals surface area contributed by atoms with Gasteiger partial charge in [0.05, 0.1) is 31.5 Å². The minimum atomic E-state index is -0.209. The highest BCUT2D eigenvalue weighted by atomic mass is 79.9. The molecule has 0 saturated heterocycles. The Morgan fingerprint density at radius 3 is 2.35 bits per heavy atom. The summed E-state index contributed by atoms with van der Waals surface area (Å²) in [5.74, 6) is 0.992. The number of hydrogen-bond acceptors (Lipinski definition) is 4. The van der Waals surface area contributed by atoms with Gasteiger partial charge in [0.15, 0.2) is 0 Å². The van der Waals surface area contributed by atoms with Gasteiger partial charge in [0, 0.05) is 28.4 Å². The summed E-state index contributed by atoms with van der Waals surface area (Å²) < 4.78 is 11.2. The van der Waals surface area contributed by atoms with Crippen LogP contribution in [0.5, 0.6) is 11.5 Å². The number of benzene rings is 2. The third kappa shape index (κ3) is 5.04. The van der Waals surface area contributed by atoms with Crippen molar-refractivity contribution >= 4 is 44.8 Å². The van der Waals surface area contributed by atoms with E-state index in [1.165, 1.54) is 0 Å². The van der Waals surface area contributed by atoms with Gasteiger partial charge in [0.2, 0.25) is 5.91 Å². The molecule has 0 fully saturated rings. The van der Waals surface area contributed by atoms with Crippen LogP contribution in [0.3, 0.4) is 0 Å². The maximum Gasteiger partial charge on any atom is 0.243 e. The lowest BCUT2D eigenvalue weighted by Crippen LogP contribution is -2.21. The molecule has 122 valence electrons. The lowest BCUT2D eigenvalue weighted by atomic mass is 10.2. The molecule has 0 radical (unpaired) electrons. The van der Waals surface area contributed by atoms with Crippen LogP contribution in [0.25, 0.3) is 0 Å². The molecule has 0 aliphatic carbocycles. The standard InChI is InChI=1S/C16H16BrClN2O3/c1-22-12-6-11(7-13(8-12)23-2)20-16(21)9-19-15-4-3-10(17)5-14(15)18/h3-8,19H,9H2,1-2H3,(H,20,21). The summed E-state index contributed by atoms with van der Waals surface area (Å²) in [5.41, 5.74) is 1.28. The molecular weight excluding hydrogens is 384 g/mol. The summed E-state index contributed by atoms with van der Waals surface area (Å²) in [6.07, 6.45) is 0. The topological polar surface area (TPSA) is 59.6 Å². The van der Waals surface area contributed by atoms with E-state index >= 15 is 0 Å². The molecule has 0 heterocycles. The van der Waals surface area contributed by atoms with Crippen LogP contribution in [-0.4, -0.2) is 26.7 Å². The van der Waals surface area contributed by atoms with Crippen molar-refractivity contribution in [1.29, 1.82) is 0 Å². The van der Waals surface area contributed by atoms with Gasteiger partial charge in [-0.2, -0.15) is 0 Å². The van der Waals surface area contributed by atoms with Crippen molar-refractivity contribution < 1.29 is 14.3 Å². The van der Waals surface area contributed by atoms with E-state index in [1.807, 2.05) is 6.07 Å². The number of methoxy groups -OCH3 is 2. The Bertz CT molecular complexity index is 687. The number of amides is 1. The fourth-order valence-corrected chi connectivity index (χ4v) is 2.63. The van der Waals surface area contributed by atoms with E-state index < -0.39 is 0 Å². The van der Waals surface area contributed by atoms with E-state index in [4.69, 9.17) is 21.1 Å². The zero-order valence-electron chi connectivity index (χ0n) is 12.7. The first kappa shape index (κ1) is 17.4. The van der Waals surface area contributed by atoms with Crippen molar-refractivity contribution in [3.05, 3.63) is 45.9 Å². The Labute approximate surface area is 148 Å². The third-order valence-corrected chi connectivity index (χ3v) is 3.81. The minimum absolute atomic E-state index is 0.0842. The van der Waals surface area contributed by atoms with Gasteiger partial charge in [0.25, 0.3) is 0 Å². The molecule has 0 atom stereocenters. The second-order valence-electron chi connectivity index (χ2n) is 4.63. The van der Waals surface area contributed by atoms with Crippen LogP contribution in [0.2, 0.25) is 5.02 Å². The van der Waals surface area contributed by atoms with E-state index in [0.717, 1.165) is 4.47 Å². The van der Waals surface area contributed by atoms with Crippen molar-refractivity contribution in [3.8, 4) is 11.5 Å². The quantitative estimate of drug-likeness (QED) is 0.765. The molecule has 5 nitrogen and oxygen atoms in total. The predicted octanol–water partition coefficient (Wildman–Crippen LogP) is 4.17. The fraction of sp³-hybridized carbons (Fsp3) is 0.188. The van der Waals surface area contributed by atoms with Gasteiger partial charge in [-0.3, -0.25) is 4.79 Å². The highest BCUT2D eigenvalue weighted by molar-refractivity contribution is 9.10. The molecule has 0 saturated carbocycles. The normalized spacial score (nSPS) is 10.1. The third-order valence-electron chi connectivity index (χ3n) is 3.01. The molecule has 1 amide bonds. The average Bonchev–Trinajstić information content (AvgIpc) is 2.53. The maximum absolute atomic E-state index is 12.1. The van der Waals surface area contributed by atoms with E-state index in [2.05, 4.69) is 26.6 Å². The van der Waals surface area contributed by atoms with Crippen molar-refractivity contribution in [2.45, 2.75) is 0 Å². The number of hydrogen-bond donors (Lipinski definition) is 2. The Kier molecular flexibility index (Phi) is 6.12. The van der Waals surface area contributed by atoms with E-state index in [1.54, 1.807) is 44.6 Å². The number of halogens is 2. The van der Waals surface area contributed by atoms with E-state index in [0.29, 0.717) is 27.9 Å². The van der Waals surface area contributed by atoms with Crippen molar-refractivity contribution in [1.82, 2.24) is 0 Å². The highest BCUT2D eigenvalue weighted by Crippen LogP contribution is 2.27.